The number of benzene rings is 1. The van der Waals surface area contributed by atoms with Crippen LogP contribution in [0.25, 0.3) is 0 Å². The monoisotopic (exact) mass is 235 g/mol. The molecule has 0 spiro atoms. The third-order valence-electron chi connectivity index (χ3n) is 2.77. The zero-order valence-corrected chi connectivity index (χ0v) is 10.3. The molecule has 1 heterocycles. The number of nitrogens with two attached hydrogens (primary N) is 1. The highest BCUT2D eigenvalue weighted by Gasteiger charge is 2.26. The summed E-state index contributed by atoms with van der Waals surface area (Å²) in [4.78, 5) is 6.49. The van der Waals surface area contributed by atoms with Gasteiger partial charge >= 0.3 is 0 Å². The quantitative estimate of drug-likeness (QED) is 0.867. The first kappa shape index (κ1) is 11.3. The lowest BCUT2D eigenvalue weighted by Crippen LogP contribution is -2.41. The summed E-state index contributed by atoms with van der Waals surface area (Å²) >= 11 is 1.87. The van der Waals surface area contributed by atoms with Crippen molar-refractivity contribution < 1.29 is 0 Å². The van der Waals surface area contributed by atoms with E-state index in [-0.39, 0.29) is 0 Å². The number of aliphatic imine (C=N–C) groups is 1. The summed E-state index contributed by atoms with van der Waals surface area (Å²) < 4.78 is 0. The predicted molar refractivity (Wildman–Crippen MR) is 72.2 cm³/mol. The van der Waals surface area contributed by atoms with Crippen LogP contribution in [0.3, 0.4) is 0 Å². The van der Waals surface area contributed by atoms with Crippen molar-refractivity contribution in [2.75, 3.05) is 23.5 Å². The van der Waals surface area contributed by atoms with Gasteiger partial charge in [0.15, 0.2) is 5.96 Å². The summed E-state index contributed by atoms with van der Waals surface area (Å²) in [6.45, 7) is 0.821. The number of rotatable bonds is 4. The Bertz CT molecular complexity index is 364. The normalized spacial score (nSPS) is 19.9. The molecule has 86 valence electrons. The van der Waals surface area contributed by atoms with E-state index < -0.39 is 0 Å². The van der Waals surface area contributed by atoms with E-state index in [9.17, 15) is 0 Å². The molecule has 4 heteroatoms. The van der Waals surface area contributed by atoms with Crippen molar-refractivity contribution in [1.82, 2.24) is 0 Å². The minimum Gasteiger partial charge on any atom is -0.370 e. The number of guanidine groups is 1. The van der Waals surface area contributed by atoms with E-state index >= 15 is 0 Å². The Hall–Kier alpha value is -1.16. The second kappa shape index (κ2) is 5.25. The van der Waals surface area contributed by atoms with Gasteiger partial charge in [0.1, 0.15) is 0 Å². The van der Waals surface area contributed by atoms with Gasteiger partial charge in [0, 0.05) is 5.69 Å². The topological polar surface area (TPSA) is 41.6 Å². The van der Waals surface area contributed by atoms with Crippen LogP contribution in [-0.4, -0.2) is 30.6 Å². The van der Waals surface area contributed by atoms with Crippen molar-refractivity contribution in [2.24, 2.45) is 10.7 Å². The molecular formula is C12H17N3S. The molecule has 0 aliphatic carbocycles. The first-order valence-electron chi connectivity index (χ1n) is 5.46. The molecule has 0 aromatic heterocycles. The van der Waals surface area contributed by atoms with Gasteiger partial charge in [-0.25, -0.2) is 0 Å². The highest BCUT2D eigenvalue weighted by molar-refractivity contribution is 7.98. The Labute approximate surface area is 101 Å². The number of nitrogens with zero attached hydrogens (tertiary/aromatic N) is 2. The third-order valence-corrected chi connectivity index (χ3v) is 3.41. The molecule has 1 aliphatic rings. The second-order valence-corrected chi connectivity index (χ2v) is 4.83. The van der Waals surface area contributed by atoms with Crippen LogP contribution in [0.5, 0.6) is 0 Å². The van der Waals surface area contributed by atoms with Gasteiger partial charge in [0.25, 0.3) is 0 Å². The molecule has 0 saturated heterocycles. The molecule has 0 saturated carbocycles. The van der Waals surface area contributed by atoms with Crippen molar-refractivity contribution in [3.63, 3.8) is 0 Å². The van der Waals surface area contributed by atoms with Crippen LogP contribution in [0, 0.1) is 0 Å². The van der Waals surface area contributed by atoms with E-state index in [0.29, 0.717) is 12.0 Å². The van der Waals surface area contributed by atoms with Crippen LogP contribution < -0.4 is 10.6 Å². The van der Waals surface area contributed by atoms with E-state index in [1.165, 1.54) is 0 Å². The SMILES string of the molecule is CSCCC1CN=C(N)N1c1ccccc1. The number of para-hydroxylation sites is 1. The average molecular weight is 235 g/mol. The Morgan fingerprint density at radius 2 is 2.19 bits per heavy atom. The Morgan fingerprint density at radius 3 is 2.88 bits per heavy atom. The molecule has 3 nitrogen and oxygen atoms in total. The summed E-state index contributed by atoms with van der Waals surface area (Å²) in [6, 6.07) is 10.7. The highest BCUT2D eigenvalue weighted by atomic mass is 32.2. The molecule has 1 atom stereocenters. The molecule has 16 heavy (non-hydrogen) atoms. The van der Waals surface area contributed by atoms with E-state index in [1.807, 2.05) is 30.0 Å². The second-order valence-electron chi connectivity index (χ2n) is 3.84. The third kappa shape index (κ3) is 2.32. The molecule has 1 aromatic rings. The summed E-state index contributed by atoms with van der Waals surface area (Å²) in [5.41, 5.74) is 7.09. The molecule has 0 radical (unpaired) electrons. The van der Waals surface area contributed by atoms with Crippen LogP contribution in [0.2, 0.25) is 0 Å². The van der Waals surface area contributed by atoms with E-state index in [4.69, 9.17) is 5.73 Å². The zero-order valence-electron chi connectivity index (χ0n) is 9.47. The molecule has 0 bridgehead atoms. The lowest BCUT2D eigenvalue weighted by molar-refractivity contribution is 0.690. The molecule has 0 amide bonds. The molecule has 2 rings (SSSR count). The Kier molecular flexibility index (Phi) is 3.72. The van der Waals surface area contributed by atoms with E-state index in [2.05, 4.69) is 28.3 Å². The van der Waals surface area contributed by atoms with E-state index in [0.717, 1.165) is 24.4 Å². The maximum absolute atomic E-state index is 5.94. The Balaban J connectivity index is 2.13. The van der Waals surface area contributed by atoms with Crippen LogP contribution >= 0.6 is 11.8 Å². The summed E-state index contributed by atoms with van der Waals surface area (Å²) in [5.74, 6) is 1.80. The largest absolute Gasteiger partial charge is 0.370 e. The van der Waals surface area contributed by atoms with Gasteiger partial charge in [-0.05, 0) is 30.6 Å². The first-order chi connectivity index (χ1) is 7.83. The Morgan fingerprint density at radius 1 is 1.44 bits per heavy atom. The molecular weight excluding hydrogens is 218 g/mol. The molecule has 0 fully saturated rings. The number of anilines is 1. The average Bonchev–Trinajstić information content (AvgIpc) is 2.69. The molecule has 2 N–H and O–H groups in total. The fourth-order valence-electron chi connectivity index (χ4n) is 1.95. The van der Waals surface area contributed by atoms with Gasteiger partial charge in [-0.15, -0.1) is 0 Å². The maximum Gasteiger partial charge on any atom is 0.196 e. The van der Waals surface area contributed by atoms with Gasteiger partial charge in [0.2, 0.25) is 0 Å². The van der Waals surface area contributed by atoms with Gasteiger partial charge in [-0.2, -0.15) is 11.8 Å². The number of hydrogen-bond acceptors (Lipinski definition) is 4. The summed E-state index contributed by atoms with van der Waals surface area (Å²) in [6.07, 6.45) is 3.26. The summed E-state index contributed by atoms with van der Waals surface area (Å²) in [7, 11) is 0. The molecule has 1 aliphatic heterocycles. The predicted octanol–water partition coefficient (Wildman–Crippen LogP) is 1.94. The van der Waals surface area contributed by atoms with Crippen molar-refractivity contribution in [3.8, 4) is 0 Å². The summed E-state index contributed by atoms with van der Waals surface area (Å²) in [5, 5.41) is 0. The molecule has 1 aromatic carbocycles. The van der Waals surface area contributed by atoms with Crippen molar-refractivity contribution in [3.05, 3.63) is 30.3 Å². The van der Waals surface area contributed by atoms with Gasteiger partial charge in [-0.3, -0.25) is 4.99 Å². The van der Waals surface area contributed by atoms with Crippen molar-refractivity contribution in [2.45, 2.75) is 12.5 Å². The first-order valence-corrected chi connectivity index (χ1v) is 6.85. The lowest BCUT2D eigenvalue weighted by Gasteiger charge is -2.26. The fraction of sp³-hybridized carbons (Fsp3) is 0.417. The van der Waals surface area contributed by atoms with Crippen LogP contribution in [-0.2, 0) is 0 Å². The highest BCUT2D eigenvalue weighted by Crippen LogP contribution is 2.22. The van der Waals surface area contributed by atoms with Gasteiger partial charge in [-0.1, -0.05) is 18.2 Å². The molecule has 1 unspecified atom stereocenters. The van der Waals surface area contributed by atoms with Crippen molar-refractivity contribution in [1.29, 1.82) is 0 Å². The van der Waals surface area contributed by atoms with Gasteiger partial charge < -0.3 is 10.6 Å². The number of hydrogen-bond donors (Lipinski definition) is 1. The van der Waals surface area contributed by atoms with Crippen LogP contribution in [0.4, 0.5) is 5.69 Å². The standard InChI is InChI=1S/C12H17N3S/c1-16-8-7-11-9-14-12(13)15(11)10-5-3-2-4-6-10/h2-6,11H,7-9H2,1H3,(H2,13,14). The maximum atomic E-state index is 5.94. The van der Waals surface area contributed by atoms with Crippen molar-refractivity contribution >= 4 is 23.4 Å². The van der Waals surface area contributed by atoms with E-state index in [1.54, 1.807) is 0 Å². The van der Waals surface area contributed by atoms with Crippen LogP contribution in [0.15, 0.2) is 35.3 Å². The minimum atomic E-state index is 0.426. The fourth-order valence-corrected chi connectivity index (χ4v) is 2.46. The van der Waals surface area contributed by atoms with Gasteiger partial charge in [0.05, 0.1) is 12.6 Å². The van der Waals surface area contributed by atoms with Crippen LogP contribution in [0.1, 0.15) is 6.42 Å². The number of thioether (sulfide) groups is 1. The zero-order chi connectivity index (χ0) is 11.4. The minimum absolute atomic E-state index is 0.426. The smallest absolute Gasteiger partial charge is 0.196 e. The lowest BCUT2D eigenvalue weighted by atomic mass is 10.2.